The smallest absolute Gasteiger partial charge is 0.342 e. The molecule has 0 aliphatic carbocycles. The van der Waals surface area contributed by atoms with E-state index in [-0.39, 0.29) is 35.2 Å². The molecule has 0 aliphatic heterocycles. The van der Waals surface area contributed by atoms with E-state index in [4.69, 9.17) is 15.2 Å². The van der Waals surface area contributed by atoms with Crippen molar-refractivity contribution in [3.05, 3.63) is 40.2 Å². The molecule has 1 heterocycles. The van der Waals surface area contributed by atoms with Gasteiger partial charge in [-0.2, -0.15) is 0 Å². The fraction of sp³-hybridized carbons (Fsp3) is 0.235. The fourth-order valence-electron chi connectivity index (χ4n) is 2.15. The lowest BCUT2D eigenvalue weighted by Crippen LogP contribution is -2.16. The van der Waals surface area contributed by atoms with Gasteiger partial charge >= 0.3 is 11.9 Å². The van der Waals surface area contributed by atoms with E-state index in [1.165, 1.54) is 5.38 Å². The average Bonchev–Trinajstić information content (AvgIpc) is 2.99. The summed E-state index contributed by atoms with van der Waals surface area (Å²) in [5.41, 5.74) is 6.48. The van der Waals surface area contributed by atoms with E-state index in [2.05, 4.69) is 4.98 Å². The lowest BCUT2D eigenvalue weighted by molar-refractivity contribution is -0.138. The fourth-order valence-corrected chi connectivity index (χ4v) is 2.87. The molecular weight excluding hydrogens is 344 g/mol. The molecule has 8 heteroatoms. The van der Waals surface area contributed by atoms with Crippen LogP contribution in [-0.4, -0.2) is 35.2 Å². The first-order valence-corrected chi connectivity index (χ1v) is 8.45. The summed E-state index contributed by atoms with van der Waals surface area (Å²) in [6.45, 7) is 3.53. The van der Waals surface area contributed by atoms with E-state index in [1.54, 1.807) is 38.1 Å². The standard InChI is InChI=1S/C17H18N2O5S/c1-3-23-16(21)13(10-7-5-6-8-11(10)18)14(17(22)24-4-2)15-19-12(20)9-25-15/h5-9,20H,3-4,18H2,1-2H3/b14-13-. The van der Waals surface area contributed by atoms with Crippen LogP contribution in [0.1, 0.15) is 24.4 Å². The number of carbonyl (C=O) groups excluding carboxylic acids is 2. The highest BCUT2D eigenvalue weighted by atomic mass is 32.1. The number of ether oxygens (including phenoxy) is 2. The van der Waals surface area contributed by atoms with Crippen LogP contribution in [0.3, 0.4) is 0 Å². The summed E-state index contributed by atoms with van der Waals surface area (Å²) < 4.78 is 10.2. The van der Waals surface area contributed by atoms with Gasteiger partial charge in [-0.25, -0.2) is 14.6 Å². The summed E-state index contributed by atoms with van der Waals surface area (Å²) in [5.74, 6) is -1.73. The first-order valence-electron chi connectivity index (χ1n) is 7.57. The summed E-state index contributed by atoms with van der Waals surface area (Å²) in [7, 11) is 0. The number of hydrogen-bond donors (Lipinski definition) is 2. The Morgan fingerprint density at radius 3 is 2.24 bits per heavy atom. The summed E-state index contributed by atoms with van der Waals surface area (Å²) in [5, 5.41) is 11.0. The highest BCUT2D eigenvalue weighted by Gasteiger charge is 2.29. The molecule has 0 spiro atoms. The van der Waals surface area contributed by atoms with Crippen molar-refractivity contribution in [1.29, 1.82) is 0 Å². The molecule has 1 aromatic heterocycles. The quantitative estimate of drug-likeness (QED) is 0.461. The summed E-state index contributed by atoms with van der Waals surface area (Å²) >= 11 is 1.01. The molecule has 0 atom stereocenters. The van der Waals surface area contributed by atoms with Gasteiger partial charge in [-0.15, -0.1) is 11.3 Å². The van der Waals surface area contributed by atoms with Gasteiger partial charge < -0.3 is 20.3 Å². The van der Waals surface area contributed by atoms with Gasteiger partial charge in [0.25, 0.3) is 0 Å². The van der Waals surface area contributed by atoms with Crippen molar-refractivity contribution >= 4 is 40.1 Å². The molecule has 0 radical (unpaired) electrons. The molecular formula is C17H18N2O5S. The molecule has 2 aromatic rings. The first kappa shape index (κ1) is 18.5. The number of rotatable bonds is 6. The minimum absolute atomic E-state index is 0.0484. The van der Waals surface area contributed by atoms with Gasteiger partial charge in [-0.3, -0.25) is 0 Å². The van der Waals surface area contributed by atoms with Crippen molar-refractivity contribution in [3.8, 4) is 5.88 Å². The Kier molecular flexibility index (Phi) is 6.13. The van der Waals surface area contributed by atoms with Gasteiger partial charge in [0.05, 0.1) is 24.2 Å². The maximum Gasteiger partial charge on any atom is 0.342 e. The zero-order valence-corrected chi connectivity index (χ0v) is 14.6. The maximum absolute atomic E-state index is 12.6. The molecule has 25 heavy (non-hydrogen) atoms. The van der Waals surface area contributed by atoms with Crippen LogP contribution >= 0.6 is 11.3 Å². The second kappa shape index (κ2) is 8.29. The SMILES string of the molecule is CCOC(=O)/C(=C(\C(=O)OCC)c1ccccc1N)c1nc(O)cs1. The van der Waals surface area contributed by atoms with Gasteiger partial charge in [0.1, 0.15) is 10.6 Å². The van der Waals surface area contributed by atoms with Crippen molar-refractivity contribution in [3.63, 3.8) is 0 Å². The normalized spacial score (nSPS) is 11.6. The highest BCUT2D eigenvalue weighted by Crippen LogP contribution is 2.34. The highest BCUT2D eigenvalue weighted by molar-refractivity contribution is 7.11. The summed E-state index contributed by atoms with van der Waals surface area (Å²) in [4.78, 5) is 29.0. The van der Waals surface area contributed by atoms with Crippen molar-refractivity contribution in [2.24, 2.45) is 0 Å². The molecule has 132 valence electrons. The van der Waals surface area contributed by atoms with Gasteiger partial charge in [0, 0.05) is 11.3 Å². The van der Waals surface area contributed by atoms with E-state index >= 15 is 0 Å². The number of nitrogens with two attached hydrogens (primary N) is 1. The second-order valence-electron chi connectivity index (χ2n) is 4.79. The number of aromatic nitrogens is 1. The Labute approximate surface area is 148 Å². The van der Waals surface area contributed by atoms with Gasteiger partial charge in [0.2, 0.25) is 5.88 Å². The number of aromatic hydroxyl groups is 1. The van der Waals surface area contributed by atoms with Crippen molar-refractivity contribution in [2.75, 3.05) is 18.9 Å². The predicted molar refractivity (Wildman–Crippen MR) is 94.7 cm³/mol. The number of anilines is 1. The minimum Gasteiger partial charge on any atom is -0.493 e. The number of thiazole rings is 1. The maximum atomic E-state index is 12.6. The molecule has 0 fully saturated rings. The Balaban J connectivity index is 2.78. The zero-order chi connectivity index (χ0) is 18.4. The van der Waals surface area contributed by atoms with Crippen LogP contribution in [0.4, 0.5) is 5.69 Å². The van der Waals surface area contributed by atoms with Gasteiger partial charge in [-0.1, -0.05) is 18.2 Å². The minimum atomic E-state index is -0.747. The molecule has 0 bridgehead atoms. The van der Waals surface area contributed by atoms with Gasteiger partial charge in [0.15, 0.2) is 0 Å². The monoisotopic (exact) mass is 362 g/mol. The van der Waals surface area contributed by atoms with Gasteiger partial charge in [-0.05, 0) is 19.9 Å². The largest absolute Gasteiger partial charge is 0.493 e. The molecule has 1 aromatic carbocycles. The predicted octanol–water partition coefficient (Wildman–Crippen LogP) is 2.47. The number of nitrogen functional groups attached to an aromatic ring is 1. The number of carbonyl (C=O) groups is 2. The molecule has 0 saturated carbocycles. The van der Waals surface area contributed by atoms with Crippen LogP contribution in [0.15, 0.2) is 29.6 Å². The van der Waals surface area contributed by atoms with Crippen LogP contribution < -0.4 is 5.73 Å². The van der Waals surface area contributed by atoms with Crippen LogP contribution in [0.2, 0.25) is 0 Å². The summed E-state index contributed by atoms with van der Waals surface area (Å²) in [6.07, 6.45) is 0. The van der Waals surface area contributed by atoms with Crippen molar-refractivity contribution in [2.45, 2.75) is 13.8 Å². The van der Waals surface area contributed by atoms with E-state index in [9.17, 15) is 14.7 Å². The molecule has 0 aliphatic rings. The number of benzene rings is 1. The van der Waals surface area contributed by atoms with Crippen LogP contribution in [0.25, 0.3) is 11.1 Å². The van der Waals surface area contributed by atoms with E-state index in [0.29, 0.717) is 11.3 Å². The Hall–Kier alpha value is -2.87. The lowest BCUT2D eigenvalue weighted by Gasteiger charge is -2.14. The molecule has 7 nitrogen and oxygen atoms in total. The Morgan fingerprint density at radius 1 is 1.12 bits per heavy atom. The number of nitrogens with zero attached hydrogens (tertiary/aromatic N) is 1. The van der Waals surface area contributed by atoms with Crippen molar-refractivity contribution < 1.29 is 24.2 Å². The van der Waals surface area contributed by atoms with E-state index in [1.807, 2.05) is 0 Å². The second-order valence-corrected chi connectivity index (χ2v) is 5.65. The third kappa shape index (κ3) is 4.16. The molecule has 2 rings (SSSR count). The average molecular weight is 362 g/mol. The van der Waals surface area contributed by atoms with E-state index in [0.717, 1.165) is 11.3 Å². The topological polar surface area (TPSA) is 112 Å². The molecule has 3 N–H and O–H groups in total. The molecule has 0 unspecified atom stereocenters. The van der Waals surface area contributed by atoms with Crippen LogP contribution in [-0.2, 0) is 19.1 Å². The van der Waals surface area contributed by atoms with E-state index < -0.39 is 11.9 Å². The summed E-state index contributed by atoms with van der Waals surface area (Å²) in [6, 6.07) is 6.61. The zero-order valence-electron chi connectivity index (χ0n) is 13.8. The first-order chi connectivity index (χ1) is 12.0. The molecule has 0 amide bonds. The third-order valence-electron chi connectivity index (χ3n) is 3.15. The Morgan fingerprint density at radius 2 is 1.72 bits per heavy atom. The third-order valence-corrected chi connectivity index (χ3v) is 3.99. The number of esters is 2. The Bertz CT molecular complexity index is 813. The number of hydrogen-bond acceptors (Lipinski definition) is 8. The number of para-hydroxylation sites is 1. The van der Waals surface area contributed by atoms with Crippen LogP contribution in [0, 0.1) is 0 Å². The molecule has 0 saturated heterocycles. The van der Waals surface area contributed by atoms with Crippen molar-refractivity contribution in [1.82, 2.24) is 4.98 Å². The lowest BCUT2D eigenvalue weighted by atomic mass is 9.98. The van der Waals surface area contributed by atoms with Crippen LogP contribution in [0.5, 0.6) is 5.88 Å².